The fraction of sp³-hybridized carbons (Fsp3) is 0.333. The fourth-order valence-corrected chi connectivity index (χ4v) is 2.09. The van der Waals surface area contributed by atoms with Gasteiger partial charge in [-0.25, -0.2) is 13.1 Å². The van der Waals surface area contributed by atoms with E-state index < -0.39 is 16.1 Å². The third-order valence-electron chi connectivity index (χ3n) is 1.95. The highest BCUT2D eigenvalue weighted by Crippen LogP contribution is 2.28. The molecule has 0 aliphatic rings. The maximum absolute atomic E-state index is 10.9. The number of hydrogen-bond donors (Lipinski definition) is 2. The maximum atomic E-state index is 10.9. The lowest BCUT2D eigenvalue weighted by Crippen LogP contribution is -2.31. The van der Waals surface area contributed by atoms with Gasteiger partial charge in [0.2, 0.25) is 10.0 Å². The van der Waals surface area contributed by atoms with Crippen LogP contribution in [0.4, 0.5) is 0 Å². The Bertz CT molecular complexity index is 476. The van der Waals surface area contributed by atoms with E-state index in [1.807, 2.05) is 0 Å². The molecule has 1 atom stereocenters. The smallest absolute Gasteiger partial charge is 0.208 e. The molecule has 1 unspecified atom stereocenters. The maximum Gasteiger partial charge on any atom is 0.208 e. The molecule has 0 aliphatic heterocycles. The number of benzene rings is 1. The zero-order chi connectivity index (χ0) is 12.3. The van der Waals surface area contributed by atoms with E-state index in [0.717, 1.165) is 6.26 Å². The van der Waals surface area contributed by atoms with E-state index in [4.69, 9.17) is 28.9 Å². The van der Waals surface area contributed by atoms with Crippen molar-refractivity contribution in [3.8, 4) is 0 Å². The predicted octanol–water partition coefficient (Wildman–Crippen LogP) is 1.54. The molecule has 0 aromatic heterocycles. The van der Waals surface area contributed by atoms with Crippen LogP contribution < -0.4 is 10.5 Å². The lowest BCUT2D eigenvalue weighted by atomic mass is 10.1. The number of sulfonamides is 1. The van der Waals surface area contributed by atoms with Gasteiger partial charge in [0.1, 0.15) is 0 Å². The van der Waals surface area contributed by atoms with Crippen LogP contribution in [-0.4, -0.2) is 21.2 Å². The van der Waals surface area contributed by atoms with E-state index in [1.165, 1.54) is 0 Å². The summed E-state index contributed by atoms with van der Waals surface area (Å²) >= 11 is 11.8. The van der Waals surface area contributed by atoms with Crippen LogP contribution >= 0.6 is 23.2 Å². The minimum absolute atomic E-state index is 0.0822. The molecule has 0 aliphatic carbocycles. The van der Waals surface area contributed by atoms with Gasteiger partial charge in [0, 0.05) is 12.6 Å². The highest BCUT2D eigenvalue weighted by Gasteiger charge is 2.13. The largest absolute Gasteiger partial charge is 0.323 e. The van der Waals surface area contributed by atoms with E-state index in [0.29, 0.717) is 15.6 Å². The van der Waals surface area contributed by atoms with Crippen LogP contribution in [0.25, 0.3) is 0 Å². The monoisotopic (exact) mass is 282 g/mol. The summed E-state index contributed by atoms with van der Waals surface area (Å²) in [6, 6.07) is 4.54. The van der Waals surface area contributed by atoms with Crippen molar-refractivity contribution in [2.24, 2.45) is 5.73 Å². The van der Waals surface area contributed by atoms with Crippen LogP contribution in [0.3, 0.4) is 0 Å². The molecule has 0 radical (unpaired) electrons. The van der Waals surface area contributed by atoms with E-state index >= 15 is 0 Å². The zero-order valence-electron chi connectivity index (χ0n) is 8.57. The van der Waals surface area contributed by atoms with Crippen molar-refractivity contribution in [1.29, 1.82) is 0 Å². The highest BCUT2D eigenvalue weighted by atomic mass is 35.5. The van der Waals surface area contributed by atoms with Gasteiger partial charge < -0.3 is 5.73 Å². The minimum atomic E-state index is -3.26. The molecule has 1 aromatic carbocycles. The second-order valence-electron chi connectivity index (χ2n) is 3.37. The average Bonchev–Trinajstić information content (AvgIpc) is 2.17. The second-order valence-corrected chi connectivity index (χ2v) is 5.99. The standard InChI is InChI=1S/C9H12Cl2N2O2S/c1-16(14,15)13-5-8(12)6-3-2-4-7(10)9(6)11/h2-4,8,13H,5,12H2,1H3. The number of rotatable bonds is 4. The first-order valence-corrected chi connectivity index (χ1v) is 7.10. The number of halogens is 2. The molecule has 16 heavy (non-hydrogen) atoms. The van der Waals surface area contributed by atoms with E-state index in [9.17, 15) is 8.42 Å². The van der Waals surface area contributed by atoms with Crippen molar-refractivity contribution in [2.45, 2.75) is 6.04 Å². The molecule has 0 heterocycles. The Kier molecular flexibility index (Phi) is 4.58. The van der Waals surface area contributed by atoms with Crippen molar-refractivity contribution in [1.82, 2.24) is 4.72 Å². The predicted molar refractivity (Wildman–Crippen MR) is 66.2 cm³/mol. The van der Waals surface area contributed by atoms with Crippen molar-refractivity contribution in [3.05, 3.63) is 33.8 Å². The number of nitrogens with one attached hydrogen (secondary N) is 1. The van der Waals surface area contributed by atoms with Gasteiger partial charge in [-0.2, -0.15) is 0 Å². The molecule has 0 amide bonds. The minimum Gasteiger partial charge on any atom is -0.323 e. The van der Waals surface area contributed by atoms with Crippen LogP contribution in [0.2, 0.25) is 10.0 Å². The zero-order valence-corrected chi connectivity index (χ0v) is 10.9. The molecule has 4 nitrogen and oxygen atoms in total. The van der Waals surface area contributed by atoms with Crippen LogP contribution in [0.5, 0.6) is 0 Å². The van der Waals surface area contributed by atoms with Gasteiger partial charge in [0.05, 0.1) is 16.3 Å². The topological polar surface area (TPSA) is 72.2 Å². The summed E-state index contributed by atoms with van der Waals surface area (Å²) in [5, 5.41) is 0.751. The van der Waals surface area contributed by atoms with Crippen LogP contribution in [0.15, 0.2) is 18.2 Å². The van der Waals surface area contributed by atoms with Gasteiger partial charge in [-0.15, -0.1) is 0 Å². The molecular formula is C9H12Cl2N2O2S. The Morgan fingerprint density at radius 3 is 2.62 bits per heavy atom. The van der Waals surface area contributed by atoms with E-state index in [-0.39, 0.29) is 6.54 Å². The SMILES string of the molecule is CS(=O)(=O)NCC(N)c1cccc(Cl)c1Cl. The molecular weight excluding hydrogens is 271 g/mol. The molecule has 3 N–H and O–H groups in total. The molecule has 0 saturated heterocycles. The summed E-state index contributed by atoms with van der Waals surface area (Å²) < 4.78 is 24.1. The van der Waals surface area contributed by atoms with Gasteiger partial charge in [-0.1, -0.05) is 35.3 Å². The average molecular weight is 283 g/mol. The van der Waals surface area contributed by atoms with Crippen LogP contribution in [-0.2, 0) is 10.0 Å². The highest BCUT2D eigenvalue weighted by molar-refractivity contribution is 7.88. The van der Waals surface area contributed by atoms with Gasteiger partial charge in [0.15, 0.2) is 0 Å². The summed E-state index contributed by atoms with van der Waals surface area (Å²) in [5.41, 5.74) is 6.42. The normalized spacial score (nSPS) is 13.8. The first kappa shape index (κ1) is 13.7. The van der Waals surface area contributed by atoms with Crippen LogP contribution in [0, 0.1) is 0 Å². The molecule has 0 fully saturated rings. The second kappa shape index (κ2) is 5.33. The molecule has 1 rings (SSSR count). The quantitative estimate of drug-likeness (QED) is 0.880. The third-order valence-corrected chi connectivity index (χ3v) is 3.47. The molecule has 0 saturated carbocycles. The van der Waals surface area contributed by atoms with Gasteiger partial charge in [0.25, 0.3) is 0 Å². The Balaban J connectivity index is 2.81. The Labute approximate surface area is 105 Å². The molecule has 7 heteroatoms. The van der Waals surface area contributed by atoms with Crippen molar-refractivity contribution < 1.29 is 8.42 Å². The lowest BCUT2D eigenvalue weighted by molar-refractivity contribution is 0.578. The Morgan fingerprint density at radius 2 is 2.06 bits per heavy atom. The van der Waals surface area contributed by atoms with Crippen LogP contribution in [0.1, 0.15) is 11.6 Å². The number of hydrogen-bond acceptors (Lipinski definition) is 3. The molecule has 90 valence electrons. The fourth-order valence-electron chi connectivity index (χ4n) is 1.16. The van der Waals surface area contributed by atoms with Crippen molar-refractivity contribution >= 4 is 33.2 Å². The summed E-state index contributed by atoms with van der Waals surface area (Å²) in [5.74, 6) is 0. The number of nitrogens with two attached hydrogens (primary N) is 1. The molecule has 0 bridgehead atoms. The third kappa shape index (κ3) is 3.92. The van der Waals surface area contributed by atoms with Gasteiger partial charge in [-0.05, 0) is 11.6 Å². The first-order chi connectivity index (χ1) is 7.31. The van der Waals surface area contributed by atoms with E-state index in [2.05, 4.69) is 4.72 Å². The Morgan fingerprint density at radius 1 is 1.44 bits per heavy atom. The van der Waals surface area contributed by atoms with Gasteiger partial charge >= 0.3 is 0 Å². The Hall–Kier alpha value is -0.330. The van der Waals surface area contributed by atoms with Crippen molar-refractivity contribution in [2.75, 3.05) is 12.8 Å². The molecule has 1 aromatic rings. The van der Waals surface area contributed by atoms with E-state index in [1.54, 1.807) is 18.2 Å². The molecule has 0 spiro atoms. The summed E-state index contributed by atoms with van der Waals surface area (Å²) in [6.45, 7) is 0.0822. The summed E-state index contributed by atoms with van der Waals surface area (Å²) in [7, 11) is -3.26. The summed E-state index contributed by atoms with van der Waals surface area (Å²) in [6.07, 6.45) is 1.07. The van der Waals surface area contributed by atoms with Gasteiger partial charge in [-0.3, -0.25) is 0 Å². The summed E-state index contributed by atoms with van der Waals surface area (Å²) in [4.78, 5) is 0. The lowest BCUT2D eigenvalue weighted by Gasteiger charge is -2.14. The van der Waals surface area contributed by atoms with Crippen molar-refractivity contribution in [3.63, 3.8) is 0 Å². The first-order valence-electron chi connectivity index (χ1n) is 4.45.